The van der Waals surface area contributed by atoms with E-state index in [1.54, 1.807) is 6.92 Å². The third-order valence-corrected chi connectivity index (χ3v) is 4.05. The topological polar surface area (TPSA) is 69.6 Å². The fourth-order valence-corrected chi connectivity index (χ4v) is 2.55. The lowest BCUT2D eigenvalue weighted by molar-refractivity contribution is -0.153. The van der Waals surface area contributed by atoms with Crippen LogP contribution >= 0.6 is 0 Å². The van der Waals surface area contributed by atoms with E-state index in [0.717, 1.165) is 19.4 Å². The molecule has 0 aromatic heterocycles. The quantitative estimate of drug-likeness (QED) is 0.735. The summed E-state index contributed by atoms with van der Waals surface area (Å²) in [5.41, 5.74) is -0.653. The summed E-state index contributed by atoms with van der Waals surface area (Å²) >= 11 is 0. The molecule has 2 aliphatic rings. The highest BCUT2D eigenvalue weighted by Gasteiger charge is 2.39. The van der Waals surface area contributed by atoms with Crippen molar-refractivity contribution < 1.29 is 14.7 Å². The van der Waals surface area contributed by atoms with Gasteiger partial charge in [-0.05, 0) is 39.2 Å². The molecule has 2 heterocycles. The lowest BCUT2D eigenvalue weighted by atomic mass is 9.80. The summed E-state index contributed by atoms with van der Waals surface area (Å²) in [5.74, 6) is -0.599. The van der Waals surface area contributed by atoms with Gasteiger partial charge in [-0.1, -0.05) is 0 Å². The number of aliphatic carboxylic acids is 1. The van der Waals surface area contributed by atoms with Gasteiger partial charge in [0.05, 0.1) is 11.5 Å². The van der Waals surface area contributed by atoms with Gasteiger partial charge < -0.3 is 15.3 Å². The standard InChI is InChI=1S/C12H20N2O3/c1-12(11(16)17)4-7-14(8-5-12)10(15)9-3-2-6-13-9/h9,13H,2-8H2,1H3,(H,16,17)/t9-/m0/s1. The second-order valence-electron chi connectivity index (χ2n) is 5.34. The van der Waals surface area contributed by atoms with Crippen LogP contribution < -0.4 is 5.32 Å². The van der Waals surface area contributed by atoms with Crippen molar-refractivity contribution in [3.63, 3.8) is 0 Å². The monoisotopic (exact) mass is 240 g/mol. The molecule has 0 bridgehead atoms. The molecule has 2 fully saturated rings. The first-order valence-electron chi connectivity index (χ1n) is 6.28. The van der Waals surface area contributed by atoms with Crippen LogP contribution in [0, 0.1) is 5.41 Å². The fraction of sp³-hybridized carbons (Fsp3) is 0.833. The van der Waals surface area contributed by atoms with Crippen molar-refractivity contribution >= 4 is 11.9 Å². The van der Waals surface area contributed by atoms with E-state index in [2.05, 4.69) is 5.32 Å². The Morgan fingerprint density at radius 3 is 2.47 bits per heavy atom. The van der Waals surface area contributed by atoms with Gasteiger partial charge in [0, 0.05) is 13.1 Å². The summed E-state index contributed by atoms with van der Waals surface area (Å²) in [5, 5.41) is 12.3. The number of nitrogens with one attached hydrogen (secondary N) is 1. The smallest absolute Gasteiger partial charge is 0.309 e. The molecule has 96 valence electrons. The van der Waals surface area contributed by atoms with E-state index in [0.29, 0.717) is 25.9 Å². The third-order valence-electron chi connectivity index (χ3n) is 4.05. The maximum absolute atomic E-state index is 12.1. The van der Waals surface area contributed by atoms with E-state index >= 15 is 0 Å². The number of hydrogen-bond donors (Lipinski definition) is 2. The minimum absolute atomic E-state index is 0.0378. The Balaban J connectivity index is 1.90. The summed E-state index contributed by atoms with van der Waals surface area (Å²) in [7, 11) is 0. The predicted molar refractivity (Wildman–Crippen MR) is 62.6 cm³/mol. The molecule has 2 aliphatic heterocycles. The molecule has 2 rings (SSSR count). The van der Waals surface area contributed by atoms with Crippen molar-refractivity contribution in [3.8, 4) is 0 Å². The second-order valence-corrected chi connectivity index (χ2v) is 5.34. The second kappa shape index (κ2) is 4.64. The highest BCUT2D eigenvalue weighted by molar-refractivity contribution is 5.83. The van der Waals surface area contributed by atoms with Crippen molar-refractivity contribution in [2.75, 3.05) is 19.6 Å². The molecule has 2 N–H and O–H groups in total. The van der Waals surface area contributed by atoms with Gasteiger partial charge in [-0.2, -0.15) is 0 Å². The van der Waals surface area contributed by atoms with Crippen LogP contribution in [0.2, 0.25) is 0 Å². The Bertz CT molecular complexity index is 316. The number of likely N-dealkylation sites (tertiary alicyclic amines) is 1. The van der Waals surface area contributed by atoms with Crippen molar-refractivity contribution in [1.82, 2.24) is 10.2 Å². The minimum Gasteiger partial charge on any atom is -0.481 e. The van der Waals surface area contributed by atoms with Gasteiger partial charge in [-0.3, -0.25) is 9.59 Å². The van der Waals surface area contributed by atoms with E-state index in [-0.39, 0.29) is 11.9 Å². The Labute approximate surface area is 101 Å². The van der Waals surface area contributed by atoms with Crippen LogP contribution in [0.15, 0.2) is 0 Å². The number of carbonyl (C=O) groups is 2. The zero-order valence-electron chi connectivity index (χ0n) is 10.2. The summed E-state index contributed by atoms with van der Waals surface area (Å²) < 4.78 is 0. The summed E-state index contributed by atoms with van der Waals surface area (Å²) in [6.45, 7) is 3.82. The van der Waals surface area contributed by atoms with Crippen LogP contribution in [-0.2, 0) is 9.59 Å². The molecular formula is C12H20N2O3. The predicted octanol–water partition coefficient (Wildman–Crippen LogP) is 0.452. The van der Waals surface area contributed by atoms with Gasteiger partial charge in [-0.15, -0.1) is 0 Å². The van der Waals surface area contributed by atoms with Crippen molar-refractivity contribution in [2.24, 2.45) is 5.41 Å². The maximum Gasteiger partial charge on any atom is 0.309 e. The zero-order chi connectivity index (χ0) is 12.5. The zero-order valence-corrected chi connectivity index (χ0v) is 10.2. The van der Waals surface area contributed by atoms with E-state index in [9.17, 15) is 9.59 Å². The van der Waals surface area contributed by atoms with Crippen molar-refractivity contribution in [3.05, 3.63) is 0 Å². The number of carboxylic acids is 1. The summed E-state index contributed by atoms with van der Waals surface area (Å²) in [4.78, 5) is 25.0. The Hall–Kier alpha value is -1.10. The van der Waals surface area contributed by atoms with Gasteiger partial charge >= 0.3 is 5.97 Å². The molecule has 0 aromatic rings. The first kappa shape index (κ1) is 12.4. The maximum atomic E-state index is 12.1. The van der Waals surface area contributed by atoms with Crippen LogP contribution in [0.5, 0.6) is 0 Å². The van der Waals surface area contributed by atoms with Crippen LogP contribution in [-0.4, -0.2) is 47.6 Å². The van der Waals surface area contributed by atoms with Gasteiger partial charge in [0.2, 0.25) is 5.91 Å². The van der Waals surface area contributed by atoms with Crippen LogP contribution in [0.3, 0.4) is 0 Å². The van der Waals surface area contributed by atoms with Crippen LogP contribution in [0.25, 0.3) is 0 Å². The molecule has 17 heavy (non-hydrogen) atoms. The lowest BCUT2D eigenvalue weighted by Crippen LogP contribution is -2.50. The van der Waals surface area contributed by atoms with Gasteiger partial charge in [0.25, 0.3) is 0 Å². The number of piperidine rings is 1. The first-order valence-corrected chi connectivity index (χ1v) is 6.28. The molecule has 0 aromatic carbocycles. The summed E-state index contributed by atoms with van der Waals surface area (Å²) in [6.07, 6.45) is 3.07. The van der Waals surface area contributed by atoms with Crippen LogP contribution in [0.1, 0.15) is 32.6 Å². The third kappa shape index (κ3) is 2.44. The van der Waals surface area contributed by atoms with Crippen molar-refractivity contribution in [2.45, 2.75) is 38.6 Å². The fourth-order valence-electron chi connectivity index (χ4n) is 2.55. The number of nitrogens with zero attached hydrogens (tertiary/aromatic N) is 1. The molecule has 1 atom stereocenters. The highest BCUT2D eigenvalue weighted by Crippen LogP contribution is 2.31. The number of amides is 1. The molecule has 0 radical (unpaired) electrons. The largest absolute Gasteiger partial charge is 0.481 e. The molecule has 0 aliphatic carbocycles. The Morgan fingerprint density at radius 1 is 1.35 bits per heavy atom. The average molecular weight is 240 g/mol. The number of hydrogen-bond acceptors (Lipinski definition) is 3. The van der Waals surface area contributed by atoms with Crippen molar-refractivity contribution in [1.29, 1.82) is 0 Å². The SMILES string of the molecule is CC1(C(=O)O)CCN(C(=O)[C@@H]2CCCN2)CC1. The highest BCUT2D eigenvalue weighted by atomic mass is 16.4. The normalized spacial score (nSPS) is 28.1. The Kier molecular flexibility index (Phi) is 3.38. The average Bonchev–Trinajstić information content (AvgIpc) is 2.82. The number of carboxylic acid groups (broad SMARTS) is 1. The molecule has 2 saturated heterocycles. The van der Waals surface area contributed by atoms with Gasteiger partial charge in [-0.25, -0.2) is 0 Å². The molecule has 5 nitrogen and oxygen atoms in total. The summed E-state index contributed by atoms with van der Waals surface area (Å²) in [6, 6.07) is -0.0378. The Morgan fingerprint density at radius 2 is 2.00 bits per heavy atom. The van der Waals surface area contributed by atoms with E-state index in [4.69, 9.17) is 5.11 Å². The van der Waals surface area contributed by atoms with E-state index < -0.39 is 11.4 Å². The molecule has 0 spiro atoms. The van der Waals surface area contributed by atoms with Gasteiger partial charge in [0.1, 0.15) is 0 Å². The minimum atomic E-state index is -0.747. The number of carbonyl (C=O) groups excluding carboxylic acids is 1. The van der Waals surface area contributed by atoms with E-state index in [1.165, 1.54) is 0 Å². The lowest BCUT2D eigenvalue weighted by Gasteiger charge is -2.37. The number of rotatable bonds is 2. The molecule has 0 unspecified atom stereocenters. The molecule has 1 amide bonds. The molecule has 5 heteroatoms. The first-order chi connectivity index (χ1) is 8.03. The van der Waals surface area contributed by atoms with Gasteiger partial charge in [0.15, 0.2) is 0 Å². The molecule has 0 saturated carbocycles. The van der Waals surface area contributed by atoms with E-state index in [1.807, 2.05) is 4.90 Å². The van der Waals surface area contributed by atoms with Crippen LogP contribution in [0.4, 0.5) is 0 Å². The molecular weight excluding hydrogens is 220 g/mol.